The van der Waals surface area contributed by atoms with E-state index in [9.17, 15) is 13.2 Å². The number of hydrogen-bond acceptors (Lipinski definition) is 7. The Kier molecular flexibility index (Phi) is 5.71. The lowest BCUT2D eigenvalue weighted by Gasteiger charge is -2.13. The molecule has 158 valence electrons. The maximum Gasteiger partial charge on any atom is 0.230 e. The molecule has 0 spiro atoms. The van der Waals surface area contributed by atoms with Gasteiger partial charge < -0.3 is 14.8 Å². The summed E-state index contributed by atoms with van der Waals surface area (Å²) in [5.74, 6) is -3.52. The first kappa shape index (κ1) is 20.8. The fourth-order valence-electron chi connectivity index (χ4n) is 2.98. The van der Waals surface area contributed by atoms with Crippen LogP contribution in [0.1, 0.15) is 22.4 Å². The zero-order valence-corrected chi connectivity index (χ0v) is 16.2. The molecule has 10 heteroatoms. The molecule has 1 aromatic heterocycles. The third-order valence-corrected chi connectivity index (χ3v) is 4.46. The van der Waals surface area contributed by atoms with Gasteiger partial charge in [-0.25, -0.2) is 18.2 Å². The van der Waals surface area contributed by atoms with Crippen molar-refractivity contribution in [3.63, 3.8) is 0 Å². The Balaban J connectivity index is 1.68. The quantitative estimate of drug-likeness (QED) is 0.570. The van der Waals surface area contributed by atoms with Crippen LogP contribution < -0.4 is 10.1 Å². The number of hydrogen-bond donors (Lipinski definition) is 1. The Labute approximate surface area is 180 Å². The van der Waals surface area contributed by atoms with Crippen LogP contribution in [0.5, 0.6) is 11.6 Å². The van der Waals surface area contributed by atoms with Gasteiger partial charge in [-0.15, -0.1) is 0 Å². The van der Waals surface area contributed by atoms with Crippen molar-refractivity contribution in [2.45, 2.75) is 13.2 Å². The Hall–Kier alpha value is -4.41. The zero-order valence-electron chi connectivity index (χ0n) is 16.2. The summed E-state index contributed by atoms with van der Waals surface area (Å²) >= 11 is 0. The number of nitriles is 2. The van der Waals surface area contributed by atoms with E-state index in [1.165, 1.54) is 18.2 Å². The van der Waals surface area contributed by atoms with E-state index >= 15 is 0 Å². The summed E-state index contributed by atoms with van der Waals surface area (Å²) in [7, 11) is 0. The summed E-state index contributed by atoms with van der Waals surface area (Å²) in [6.45, 7) is 0.218. The number of nitrogens with one attached hydrogen (secondary N) is 1. The molecule has 32 heavy (non-hydrogen) atoms. The number of fused-ring (bicyclic) bond motifs is 1. The molecule has 4 rings (SSSR count). The second-order valence-corrected chi connectivity index (χ2v) is 6.58. The monoisotopic (exact) mass is 435 g/mol. The van der Waals surface area contributed by atoms with E-state index in [2.05, 4.69) is 15.3 Å². The van der Waals surface area contributed by atoms with Crippen LogP contribution in [0.25, 0.3) is 6.08 Å². The first-order chi connectivity index (χ1) is 15.5. The SMILES string of the molecule is N#C/C=C/c1cc(F)c(Oc2nc(Nc3ccc(C#N)c(F)c3)nc3c2COC3)c(F)c1. The van der Waals surface area contributed by atoms with Crippen LogP contribution in [0.15, 0.2) is 36.4 Å². The van der Waals surface area contributed by atoms with Crippen LogP contribution in [0, 0.1) is 40.1 Å². The van der Waals surface area contributed by atoms with Crippen molar-refractivity contribution in [1.29, 1.82) is 10.5 Å². The van der Waals surface area contributed by atoms with Gasteiger partial charge in [0.05, 0.1) is 36.1 Å². The minimum atomic E-state index is -0.988. The van der Waals surface area contributed by atoms with Crippen molar-refractivity contribution < 1.29 is 22.6 Å². The standard InChI is InChI=1S/C22H12F3N5O2/c23-16-8-14(4-3-13(16)9-27)28-22-29-19-11-31-10-15(19)21(30-22)32-20-17(24)6-12(2-1-5-26)7-18(20)25/h1-4,6-8H,10-11H2,(H,28,29,30)/b2-1+. The molecule has 0 amide bonds. The smallest absolute Gasteiger partial charge is 0.230 e. The van der Waals surface area contributed by atoms with Crippen LogP contribution in [-0.4, -0.2) is 9.97 Å². The average molecular weight is 435 g/mol. The molecular formula is C22H12F3N5O2. The maximum atomic E-state index is 14.5. The van der Waals surface area contributed by atoms with Crippen molar-refractivity contribution in [2.24, 2.45) is 0 Å². The molecule has 0 atom stereocenters. The maximum absolute atomic E-state index is 14.5. The summed E-state index contributed by atoms with van der Waals surface area (Å²) < 4.78 is 53.7. The van der Waals surface area contributed by atoms with Gasteiger partial charge in [0, 0.05) is 11.8 Å². The molecule has 1 N–H and O–H groups in total. The van der Waals surface area contributed by atoms with Gasteiger partial charge in [-0.1, -0.05) is 0 Å². The van der Waals surface area contributed by atoms with E-state index in [-0.39, 0.29) is 41.9 Å². The van der Waals surface area contributed by atoms with Crippen molar-refractivity contribution in [1.82, 2.24) is 9.97 Å². The van der Waals surface area contributed by atoms with E-state index in [4.69, 9.17) is 20.0 Å². The highest BCUT2D eigenvalue weighted by Crippen LogP contribution is 2.34. The lowest BCUT2D eigenvalue weighted by molar-refractivity contribution is 0.132. The van der Waals surface area contributed by atoms with Gasteiger partial charge in [-0.2, -0.15) is 15.5 Å². The molecule has 0 unspecified atom stereocenters. The molecule has 0 radical (unpaired) electrons. The highest BCUT2D eigenvalue weighted by Gasteiger charge is 2.24. The molecule has 0 saturated carbocycles. The van der Waals surface area contributed by atoms with Crippen molar-refractivity contribution in [2.75, 3.05) is 5.32 Å². The summed E-state index contributed by atoms with van der Waals surface area (Å²) in [4.78, 5) is 8.43. The Morgan fingerprint density at radius 3 is 2.50 bits per heavy atom. The van der Waals surface area contributed by atoms with Crippen molar-refractivity contribution in [3.05, 3.63) is 76.2 Å². The van der Waals surface area contributed by atoms with Crippen LogP contribution in [0.2, 0.25) is 0 Å². The minimum Gasteiger partial charge on any atom is -0.432 e. The van der Waals surface area contributed by atoms with E-state index in [1.807, 2.05) is 0 Å². The molecular weight excluding hydrogens is 423 g/mol. The molecule has 1 aliphatic rings. The molecule has 0 aliphatic carbocycles. The molecule has 2 heterocycles. The average Bonchev–Trinajstić information content (AvgIpc) is 3.24. The topological polar surface area (TPSA) is 104 Å². The Bertz CT molecular complexity index is 1310. The van der Waals surface area contributed by atoms with E-state index in [0.29, 0.717) is 11.3 Å². The summed E-state index contributed by atoms with van der Waals surface area (Å²) in [6, 6.07) is 9.34. The number of rotatable bonds is 5. The number of nitrogens with zero attached hydrogens (tertiary/aromatic N) is 4. The van der Waals surface area contributed by atoms with Gasteiger partial charge in [0.1, 0.15) is 11.9 Å². The number of benzene rings is 2. The summed E-state index contributed by atoms with van der Waals surface area (Å²) in [5.41, 5.74) is 1.16. The van der Waals surface area contributed by atoms with E-state index < -0.39 is 23.2 Å². The third kappa shape index (κ3) is 4.21. The highest BCUT2D eigenvalue weighted by atomic mass is 19.1. The fourth-order valence-corrected chi connectivity index (χ4v) is 2.98. The van der Waals surface area contributed by atoms with Gasteiger partial charge in [0.2, 0.25) is 17.6 Å². The van der Waals surface area contributed by atoms with Gasteiger partial charge >= 0.3 is 0 Å². The van der Waals surface area contributed by atoms with Gasteiger partial charge in [0.25, 0.3) is 0 Å². The molecule has 7 nitrogen and oxygen atoms in total. The number of aromatic nitrogens is 2. The molecule has 3 aromatic rings. The van der Waals surface area contributed by atoms with Crippen molar-refractivity contribution in [3.8, 4) is 23.8 Å². The second kappa shape index (κ2) is 8.76. The molecule has 1 aliphatic heterocycles. The fraction of sp³-hybridized carbons (Fsp3) is 0.0909. The number of halogens is 3. The lowest BCUT2D eigenvalue weighted by Crippen LogP contribution is -2.05. The molecule has 0 fully saturated rings. The van der Waals surface area contributed by atoms with Crippen molar-refractivity contribution >= 4 is 17.7 Å². The predicted octanol–water partition coefficient (Wildman–Crippen LogP) is 4.87. The first-order valence-corrected chi connectivity index (χ1v) is 9.15. The normalized spacial score (nSPS) is 12.3. The Morgan fingerprint density at radius 1 is 1.03 bits per heavy atom. The number of ether oxygens (including phenoxy) is 2. The van der Waals surface area contributed by atoms with Gasteiger partial charge in [0.15, 0.2) is 11.6 Å². The molecule has 2 aromatic carbocycles. The second-order valence-electron chi connectivity index (χ2n) is 6.58. The Morgan fingerprint density at radius 2 is 1.81 bits per heavy atom. The van der Waals surface area contributed by atoms with E-state index in [1.54, 1.807) is 12.1 Å². The lowest BCUT2D eigenvalue weighted by atomic mass is 10.2. The van der Waals surface area contributed by atoms with Crippen LogP contribution in [0.4, 0.5) is 24.8 Å². The summed E-state index contributed by atoms with van der Waals surface area (Å²) in [5, 5.41) is 20.2. The predicted molar refractivity (Wildman–Crippen MR) is 106 cm³/mol. The van der Waals surface area contributed by atoms with Gasteiger partial charge in [-0.05, 0) is 42.0 Å². The number of allylic oxidation sites excluding steroid dienone is 1. The first-order valence-electron chi connectivity index (χ1n) is 9.15. The van der Waals surface area contributed by atoms with E-state index in [0.717, 1.165) is 24.3 Å². The van der Waals surface area contributed by atoms with Crippen LogP contribution >= 0.6 is 0 Å². The largest absolute Gasteiger partial charge is 0.432 e. The zero-order chi connectivity index (χ0) is 22.7. The summed E-state index contributed by atoms with van der Waals surface area (Å²) in [6.07, 6.45) is 2.35. The van der Waals surface area contributed by atoms with Crippen LogP contribution in [-0.2, 0) is 18.0 Å². The highest BCUT2D eigenvalue weighted by molar-refractivity contribution is 5.57. The van der Waals surface area contributed by atoms with Crippen LogP contribution in [0.3, 0.4) is 0 Å². The van der Waals surface area contributed by atoms with Gasteiger partial charge in [-0.3, -0.25) is 0 Å². The molecule has 0 bridgehead atoms. The molecule has 0 saturated heterocycles. The number of anilines is 2. The minimum absolute atomic E-state index is 0.0113. The third-order valence-electron chi connectivity index (χ3n) is 4.46.